The summed E-state index contributed by atoms with van der Waals surface area (Å²) >= 11 is 0. The van der Waals surface area contributed by atoms with Gasteiger partial charge in [-0.15, -0.1) is 0 Å². The summed E-state index contributed by atoms with van der Waals surface area (Å²) in [6, 6.07) is 11.6. The lowest BCUT2D eigenvalue weighted by Crippen LogP contribution is -2.16. The lowest BCUT2D eigenvalue weighted by atomic mass is 10.1. The molecule has 6 heteroatoms. The first-order valence-corrected chi connectivity index (χ1v) is 6.13. The number of hydrogen-bond acceptors (Lipinski definition) is 4. The SMILES string of the molecule is Cc1n[nH]c(=O)c(N)c1-c1cc(-c2ccccc2)n[nH]1. The predicted octanol–water partition coefficient (Wildman–Crippen LogP) is 1.72. The van der Waals surface area contributed by atoms with Gasteiger partial charge in [-0.1, -0.05) is 30.3 Å². The van der Waals surface area contributed by atoms with Crippen LogP contribution >= 0.6 is 0 Å². The van der Waals surface area contributed by atoms with Crippen molar-refractivity contribution >= 4 is 5.69 Å². The van der Waals surface area contributed by atoms with Gasteiger partial charge in [-0.2, -0.15) is 10.2 Å². The Morgan fingerprint density at radius 1 is 1.10 bits per heavy atom. The second-order valence-electron chi connectivity index (χ2n) is 4.46. The van der Waals surface area contributed by atoms with Gasteiger partial charge in [-0.25, -0.2) is 5.10 Å². The number of aromatic nitrogens is 4. The lowest BCUT2D eigenvalue weighted by molar-refractivity contribution is 0.949. The number of nitrogens with zero attached hydrogens (tertiary/aromatic N) is 2. The van der Waals surface area contributed by atoms with Gasteiger partial charge in [0.25, 0.3) is 5.56 Å². The molecule has 3 aromatic rings. The molecule has 0 amide bonds. The highest BCUT2D eigenvalue weighted by Crippen LogP contribution is 2.27. The van der Waals surface area contributed by atoms with Crippen LogP contribution in [0.4, 0.5) is 5.69 Å². The van der Waals surface area contributed by atoms with Crippen molar-refractivity contribution in [2.24, 2.45) is 0 Å². The van der Waals surface area contributed by atoms with E-state index in [2.05, 4.69) is 20.4 Å². The van der Waals surface area contributed by atoms with E-state index in [9.17, 15) is 4.79 Å². The fourth-order valence-electron chi connectivity index (χ4n) is 2.11. The average Bonchev–Trinajstić information content (AvgIpc) is 2.94. The van der Waals surface area contributed by atoms with Crippen molar-refractivity contribution in [1.82, 2.24) is 20.4 Å². The highest BCUT2D eigenvalue weighted by atomic mass is 16.1. The zero-order chi connectivity index (χ0) is 14.1. The Morgan fingerprint density at radius 2 is 1.85 bits per heavy atom. The van der Waals surface area contributed by atoms with Gasteiger partial charge >= 0.3 is 0 Å². The minimum Gasteiger partial charge on any atom is -0.394 e. The van der Waals surface area contributed by atoms with E-state index in [0.29, 0.717) is 17.0 Å². The van der Waals surface area contributed by atoms with Crippen LogP contribution in [-0.2, 0) is 0 Å². The third-order valence-corrected chi connectivity index (χ3v) is 3.12. The van der Waals surface area contributed by atoms with Gasteiger partial charge in [-0.05, 0) is 13.0 Å². The maximum absolute atomic E-state index is 11.6. The molecule has 4 N–H and O–H groups in total. The van der Waals surface area contributed by atoms with Crippen LogP contribution in [0.3, 0.4) is 0 Å². The molecular weight excluding hydrogens is 254 g/mol. The van der Waals surface area contributed by atoms with Crippen LogP contribution in [0.15, 0.2) is 41.2 Å². The average molecular weight is 267 g/mol. The fourth-order valence-corrected chi connectivity index (χ4v) is 2.11. The molecule has 0 unspecified atom stereocenters. The molecule has 0 aliphatic heterocycles. The van der Waals surface area contributed by atoms with E-state index in [1.165, 1.54) is 0 Å². The first-order valence-electron chi connectivity index (χ1n) is 6.13. The van der Waals surface area contributed by atoms with Crippen LogP contribution in [0, 0.1) is 6.92 Å². The van der Waals surface area contributed by atoms with Gasteiger partial charge in [0.2, 0.25) is 0 Å². The van der Waals surface area contributed by atoms with Crippen LogP contribution in [0.25, 0.3) is 22.5 Å². The quantitative estimate of drug-likeness (QED) is 0.658. The van der Waals surface area contributed by atoms with Crippen LogP contribution in [-0.4, -0.2) is 20.4 Å². The second kappa shape index (κ2) is 4.65. The van der Waals surface area contributed by atoms with E-state index >= 15 is 0 Å². The number of anilines is 1. The van der Waals surface area contributed by atoms with Gasteiger partial charge in [0.1, 0.15) is 5.69 Å². The number of aromatic amines is 2. The summed E-state index contributed by atoms with van der Waals surface area (Å²) < 4.78 is 0. The number of hydrogen-bond donors (Lipinski definition) is 3. The molecule has 0 radical (unpaired) electrons. The predicted molar refractivity (Wildman–Crippen MR) is 77.0 cm³/mol. The summed E-state index contributed by atoms with van der Waals surface area (Å²) in [5.41, 5.74) is 9.26. The number of nitrogen functional groups attached to an aromatic ring is 1. The molecule has 2 aromatic heterocycles. The van der Waals surface area contributed by atoms with Gasteiger partial charge in [-0.3, -0.25) is 9.89 Å². The Morgan fingerprint density at radius 3 is 2.60 bits per heavy atom. The Balaban J connectivity index is 2.12. The molecule has 100 valence electrons. The lowest BCUT2D eigenvalue weighted by Gasteiger charge is -2.04. The molecule has 20 heavy (non-hydrogen) atoms. The van der Waals surface area contributed by atoms with E-state index < -0.39 is 5.56 Å². The van der Waals surface area contributed by atoms with E-state index in [0.717, 1.165) is 11.3 Å². The van der Waals surface area contributed by atoms with Gasteiger partial charge in [0.05, 0.1) is 22.6 Å². The number of nitrogens with one attached hydrogen (secondary N) is 2. The van der Waals surface area contributed by atoms with Crippen molar-refractivity contribution in [3.63, 3.8) is 0 Å². The molecule has 0 bridgehead atoms. The van der Waals surface area contributed by atoms with Crippen LogP contribution in [0.1, 0.15) is 5.69 Å². The molecule has 0 aliphatic rings. The minimum atomic E-state index is -0.401. The highest BCUT2D eigenvalue weighted by molar-refractivity contribution is 5.77. The summed E-state index contributed by atoms with van der Waals surface area (Å²) in [4.78, 5) is 11.6. The fraction of sp³-hybridized carbons (Fsp3) is 0.0714. The standard InChI is InChI=1S/C14H13N5O/c1-8-12(13(15)14(20)19-16-8)11-7-10(17-18-11)9-5-3-2-4-6-9/h2-7H,1H3,(H2,15,16)(H,17,18)(H,19,20). The first kappa shape index (κ1) is 12.2. The summed E-state index contributed by atoms with van der Waals surface area (Å²) in [6.07, 6.45) is 0. The van der Waals surface area contributed by atoms with Crippen molar-refractivity contribution in [2.45, 2.75) is 6.92 Å². The summed E-state index contributed by atoms with van der Waals surface area (Å²) in [5.74, 6) is 0. The molecule has 0 aliphatic carbocycles. The van der Waals surface area contributed by atoms with E-state index in [4.69, 9.17) is 5.73 Å². The van der Waals surface area contributed by atoms with Crippen molar-refractivity contribution in [3.05, 3.63) is 52.4 Å². The number of rotatable bonds is 2. The largest absolute Gasteiger partial charge is 0.394 e. The molecule has 0 saturated carbocycles. The topological polar surface area (TPSA) is 100 Å². The molecule has 0 atom stereocenters. The van der Waals surface area contributed by atoms with E-state index in [-0.39, 0.29) is 5.69 Å². The molecule has 3 rings (SSSR count). The third-order valence-electron chi connectivity index (χ3n) is 3.12. The normalized spacial score (nSPS) is 10.7. The van der Waals surface area contributed by atoms with E-state index in [1.807, 2.05) is 36.4 Å². The smallest absolute Gasteiger partial charge is 0.287 e. The van der Waals surface area contributed by atoms with Crippen LogP contribution in [0.2, 0.25) is 0 Å². The molecule has 1 aromatic carbocycles. The van der Waals surface area contributed by atoms with Crippen LogP contribution in [0.5, 0.6) is 0 Å². The van der Waals surface area contributed by atoms with Crippen molar-refractivity contribution in [2.75, 3.05) is 5.73 Å². The monoisotopic (exact) mass is 267 g/mol. The van der Waals surface area contributed by atoms with Crippen LogP contribution < -0.4 is 11.3 Å². The van der Waals surface area contributed by atoms with Gasteiger partial charge in [0.15, 0.2) is 0 Å². The highest BCUT2D eigenvalue weighted by Gasteiger charge is 2.14. The molecule has 0 saturated heterocycles. The summed E-state index contributed by atoms with van der Waals surface area (Å²) in [5, 5.41) is 13.4. The maximum atomic E-state index is 11.6. The Hall–Kier alpha value is -2.89. The van der Waals surface area contributed by atoms with E-state index in [1.54, 1.807) is 6.92 Å². The summed E-state index contributed by atoms with van der Waals surface area (Å²) in [6.45, 7) is 1.78. The molecule has 2 heterocycles. The first-order chi connectivity index (χ1) is 9.66. The number of aryl methyl sites for hydroxylation is 1. The molecule has 0 spiro atoms. The number of H-pyrrole nitrogens is 2. The third kappa shape index (κ3) is 1.97. The van der Waals surface area contributed by atoms with Gasteiger partial charge in [0, 0.05) is 5.56 Å². The maximum Gasteiger partial charge on any atom is 0.287 e. The van der Waals surface area contributed by atoms with Crippen molar-refractivity contribution in [1.29, 1.82) is 0 Å². The molecular formula is C14H13N5O. The summed E-state index contributed by atoms with van der Waals surface area (Å²) in [7, 11) is 0. The Labute approximate surface area is 114 Å². The molecule has 0 fully saturated rings. The Bertz CT molecular complexity index is 804. The number of nitrogens with two attached hydrogens (primary N) is 1. The molecule has 6 nitrogen and oxygen atoms in total. The van der Waals surface area contributed by atoms with Crippen molar-refractivity contribution in [3.8, 4) is 22.5 Å². The zero-order valence-corrected chi connectivity index (χ0v) is 10.8. The minimum absolute atomic E-state index is 0.140. The second-order valence-corrected chi connectivity index (χ2v) is 4.46. The van der Waals surface area contributed by atoms with Crippen molar-refractivity contribution < 1.29 is 0 Å². The Kier molecular flexibility index (Phi) is 2.83. The van der Waals surface area contributed by atoms with Gasteiger partial charge < -0.3 is 5.73 Å². The number of benzene rings is 1. The zero-order valence-electron chi connectivity index (χ0n) is 10.8.